The van der Waals surface area contributed by atoms with Crippen molar-refractivity contribution in [1.82, 2.24) is 0 Å². The fraction of sp³-hybridized carbons (Fsp3) is 0.200. The zero-order valence-electron chi connectivity index (χ0n) is 41.7. The van der Waals surface area contributed by atoms with Crippen LogP contribution in [0.1, 0.15) is 76.5 Å². The van der Waals surface area contributed by atoms with E-state index in [1.165, 1.54) is 54.6 Å². The minimum Gasteiger partial charge on any atom is -0.487 e. The van der Waals surface area contributed by atoms with Gasteiger partial charge in [-0.1, -0.05) is 163 Å². The summed E-state index contributed by atoms with van der Waals surface area (Å²) >= 11 is 0. The van der Waals surface area contributed by atoms with Crippen molar-refractivity contribution >= 4 is 89.1 Å². The van der Waals surface area contributed by atoms with E-state index in [-0.39, 0.29) is 5.92 Å². The zero-order valence-corrected chi connectivity index (χ0v) is 41.7. The molecule has 9 aromatic rings. The van der Waals surface area contributed by atoms with Crippen molar-refractivity contribution < 1.29 is 9.15 Å². The van der Waals surface area contributed by atoms with Crippen LogP contribution in [0.5, 0.6) is 5.75 Å². The molecule has 0 fully saturated rings. The molecule has 0 bridgehead atoms. The third-order valence-electron chi connectivity index (χ3n) is 13.3. The minimum absolute atomic E-state index is 0.227. The molecular formula is C65H64N2O2. The summed E-state index contributed by atoms with van der Waals surface area (Å²) in [5, 5.41) is 8.40. The fourth-order valence-corrected chi connectivity index (χ4v) is 9.80. The number of ether oxygens (including phenoxy) is 1. The van der Waals surface area contributed by atoms with Gasteiger partial charge in [-0.3, -0.25) is 0 Å². The van der Waals surface area contributed by atoms with E-state index in [2.05, 4.69) is 242 Å². The molecule has 0 saturated carbocycles. The Hall–Kier alpha value is -7.74. The van der Waals surface area contributed by atoms with E-state index in [4.69, 9.17) is 9.15 Å². The maximum absolute atomic E-state index is 6.99. The van der Waals surface area contributed by atoms with Crippen LogP contribution in [0.25, 0.3) is 54.9 Å². The molecule has 1 aliphatic heterocycles. The molecule has 0 saturated heterocycles. The van der Waals surface area contributed by atoms with Crippen LogP contribution in [0.4, 0.5) is 34.1 Å². The molecule has 0 radical (unpaired) electrons. The molecule has 1 aliphatic rings. The fourth-order valence-electron chi connectivity index (χ4n) is 9.80. The average molecular weight is 905 g/mol. The molecule has 1 aromatic heterocycles. The predicted octanol–water partition coefficient (Wildman–Crippen LogP) is 18.9. The van der Waals surface area contributed by atoms with Crippen molar-refractivity contribution in [3.63, 3.8) is 0 Å². The van der Waals surface area contributed by atoms with Gasteiger partial charge in [0.25, 0.3) is 0 Å². The van der Waals surface area contributed by atoms with Crippen molar-refractivity contribution in [2.75, 3.05) is 16.4 Å². The number of terminal acetylenes is 1. The number of para-hydroxylation sites is 4. The molecule has 346 valence electrons. The van der Waals surface area contributed by atoms with E-state index in [1.54, 1.807) is 0 Å². The number of rotatable bonds is 10. The van der Waals surface area contributed by atoms with E-state index in [0.717, 1.165) is 74.2 Å². The first-order chi connectivity index (χ1) is 33.6. The Balaban J connectivity index is 0.00000156. The van der Waals surface area contributed by atoms with E-state index in [9.17, 15) is 0 Å². The van der Waals surface area contributed by atoms with Crippen LogP contribution in [-0.2, 0) is 6.42 Å². The molecule has 0 N–H and O–H groups in total. The molecule has 8 aromatic carbocycles. The Morgan fingerprint density at radius 1 is 0.638 bits per heavy atom. The first-order valence-electron chi connectivity index (χ1n) is 24.4. The molecule has 4 nitrogen and oxygen atoms in total. The van der Waals surface area contributed by atoms with Gasteiger partial charge < -0.3 is 19.0 Å². The molecule has 0 spiro atoms. The first kappa shape index (κ1) is 47.7. The molecule has 0 aliphatic carbocycles. The van der Waals surface area contributed by atoms with Gasteiger partial charge in [0.1, 0.15) is 18.1 Å². The summed E-state index contributed by atoms with van der Waals surface area (Å²) in [4.78, 5) is 4.82. The second-order valence-electron chi connectivity index (χ2n) is 18.1. The number of nitrogens with zero attached hydrogens (tertiary/aromatic N) is 2. The SMILES string of the molecule is C#C.C=C(c1oc2c(N(c3ccccc3)c3cc(C)c4ccc5c(N(c6ccccc6)c6cccc7c6OC/C(C(C)C)=C\C=C/C7)cc(C)c6ccc3c4c65)cccc2c1/C=C\C)C(C)C.CC. The number of aryl methyl sites for hydroxylation is 2. The Labute approximate surface area is 409 Å². The average Bonchev–Trinajstić information content (AvgIpc) is 3.79. The van der Waals surface area contributed by atoms with Crippen molar-refractivity contribution in [1.29, 1.82) is 0 Å². The van der Waals surface area contributed by atoms with Gasteiger partial charge in [-0.05, 0) is 131 Å². The van der Waals surface area contributed by atoms with Crippen molar-refractivity contribution in [3.05, 3.63) is 198 Å². The van der Waals surface area contributed by atoms with Gasteiger partial charge in [-0.25, -0.2) is 0 Å². The quantitative estimate of drug-likeness (QED) is 0.101. The number of fused-ring (bicyclic) bond motifs is 2. The molecule has 2 heterocycles. The van der Waals surface area contributed by atoms with Gasteiger partial charge >= 0.3 is 0 Å². The summed E-state index contributed by atoms with van der Waals surface area (Å²) in [7, 11) is 0. The van der Waals surface area contributed by atoms with Crippen LogP contribution in [0.3, 0.4) is 0 Å². The second kappa shape index (κ2) is 20.6. The first-order valence-corrected chi connectivity index (χ1v) is 24.4. The van der Waals surface area contributed by atoms with Crippen LogP contribution in [0, 0.1) is 38.5 Å². The van der Waals surface area contributed by atoms with Gasteiger partial charge in [-0.15, -0.1) is 12.8 Å². The smallest absolute Gasteiger partial charge is 0.159 e. The lowest BCUT2D eigenvalue weighted by molar-refractivity contribution is 0.338. The second-order valence-corrected chi connectivity index (χ2v) is 18.1. The highest BCUT2D eigenvalue weighted by Crippen LogP contribution is 2.52. The van der Waals surface area contributed by atoms with Crippen LogP contribution in [-0.4, -0.2) is 6.61 Å². The summed E-state index contributed by atoms with van der Waals surface area (Å²) in [6, 6.07) is 48.7. The van der Waals surface area contributed by atoms with Crippen LogP contribution in [0.2, 0.25) is 0 Å². The summed E-state index contributed by atoms with van der Waals surface area (Å²) in [6.45, 7) is 24.4. The Bertz CT molecular complexity index is 3400. The van der Waals surface area contributed by atoms with Gasteiger partial charge in [-0.2, -0.15) is 0 Å². The Kier molecular flexibility index (Phi) is 14.3. The van der Waals surface area contributed by atoms with Crippen LogP contribution < -0.4 is 14.5 Å². The summed E-state index contributed by atoms with van der Waals surface area (Å²) in [5.41, 5.74) is 14.1. The largest absolute Gasteiger partial charge is 0.487 e. The van der Waals surface area contributed by atoms with E-state index < -0.39 is 0 Å². The Morgan fingerprint density at radius 3 is 1.72 bits per heavy atom. The van der Waals surface area contributed by atoms with E-state index in [0.29, 0.717) is 12.5 Å². The predicted molar refractivity (Wildman–Crippen MR) is 300 cm³/mol. The lowest BCUT2D eigenvalue weighted by Gasteiger charge is -2.31. The van der Waals surface area contributed by atoms with Crippen LogP contribution >= 0.6 is 0 Å². The summed E-state index contributed by atoms with van der Waals surface area (Å²) in [5.74, 6) is 2.35. The molecule has 0 atom stereocenters. The number of benzene rings is 8. The topological polar surface area (TPSA) is 28.9 Å². The number of allylic oxidation sites excluding steroid dienone is 5. The highest BCUT2D eigenvalue weighted by Gasteiger charge is 2.28. The maximum Gasteiger partial charge on any atom is 0.159 e. The minimum atomic E-state index is 0.227. The third kappa shape index (κ3) is 8.71. The van der Waals surface area contributed by atoms with Crippen LogP contribution in [0.15, 0.2) is 174 Å². The third-order valence-corrected chi connectivity index (χ3v) is 13.3. The summed E-state index contributed by atoms with van der Waals surface area (Å²) < 4.78 is 13.9. The monoisotopic (exact) mass is 904 g/mol. The van der Waals surface area contributed by atoms with Crippen molar-refractivity contribution in [2.45, 2.75) is 68.7 Å². The lowest BCUT2D eigenvalue weighted by Crippen LogP contribution is -2.15. The molecular weight excluding hydrogens is 841 g/mol. The number of anilines is 6. The lowest BCUT2D eigenvalue weighted by atomic mass is 9.88. The molecule has 10 rings (SSSR count). The molecule has 69 heavy (non-hydrogen) atoms. The highest BCUT2D eigenvalue weighted by molar-refractivity contribution is 6.29. The maximum atomic E-state index is 6.99. The molecule has 0 unspecified atom stereocenters. The zero-order chi connectivity index (χ0) is 48.9. The van der Waals surface area contributed by atoms with E-state index >= 15 is 0 Å². The molecule has 4 heteroatoms. The number of hydrogen-bond donors (Lipinski definition) is 0. The van der Waals surface area contributed by atoms with Gasteiger partial charge in [0.15, 0.2) is 5.58 Å². The molecule has 0 amide bonds. The standard InChI is InChI=1S/C61H56N2O2.C2H6.C2H2/c1-9-20-49-50-28-19-30-54(61(50)65-59(49)42(8)38(2)3)63(46-26-14-11-15-27-46)56-36-41(7)48-31-33-51-55(35-40(6)47-32-34-52(56)58(48)57(47)51)62(45-24-12-10-13-25-45)53-29-18-23-43-21-16-17-22-44(39(4)5)37-64-60(43)53;2*1-2/h9-20,22-36,38-39H,8,21,37H2,1-7H3;1-2H3;1-2H/b17-16-,20-9-,44-22+;;. The number of hydrogen-bond acceptors (Lipinski definition) is 4. The van der Waals surface area contributed by atoms with Gasteiger partial charge in [0.05, 0.1) is 22.7 Å². The van der Waals surface area contributed by atoms with Gasteiger partial charge in [0, 0.05) is 38.7 Å². The summed E-state index contributed by atoms with van der Waals surface area (Å²) in [6.07, 6.45) is 19.7. The van der Waals surface area contributed by atoms with E-state index in [1.807, 2.05) is 13.8 Å². The van der Waals surface area contributed by atoms with Crippen molar-refractivity contribution in [2.24, 2.45) is 11.8 Å². The number of furan rings is 1. The highest BCUT2D eigenvalue weighted by atomic mass is 16.5. The van der Waals surface area contributed by atoms with Gasteiger partial charge in [0.2, 0.25) is 0 Å². The van der Waals surface area contributed by atoms with Crippen molar-refractivity contribution in [3.8, 4) is 18.6 Å². The normalized spacial score (nSPS) is 13.7. The Morgan fingerprint density at radius 2 is 1.17 bits per heavy atom.